The maximum absolute atomic E-state index is 11.6. The Morgan fingerprint density at radius 3 is 2.75 bits per heavy atom. The van der Waals surface area contributed by atoms with E-state index in [0.29, 0.717) is 23.5 Å². The van der Waals surface area contributed by atoms with Crippen LogP contribution in [0.2, 0.25) is 0 Å². The molecule has 2 aromatic heterocycles. The number of hydrogen-bond donors (Lipinski definition) is 1. The van der Waals surface area contributed by atoms with Gasteiger partial charge in [-0.1, -0.05) is 0 Å². The van der Waals surface area contributed by atoms with E-state index in [-0.39, 0.29) is 0 Å². The van der Waals surface area contributed by atoms with Gasteiger partial charge < -0.3 is 4.57 Å². The van der Waals surface area contributed by atoms with E-state index >= 15 is 0 Å². The van der Waals surface area contributed by atoms with Crippen molar-refractivity contribution in [1.82, 2.24) is 19.1 Å². The van der Waals surface area contributed by atoms with E-state index < -0.39 is 11.2 Å². The molecule has 0 saturated carbocycles. The molecule has 0 aliphatic rings. The van der Waals surface area contributed by atoms with Gasteiger partial charge in [0.25, 0.3) is 5.56 Å². The number of H-pyrrole nitrogens is 1. The van der Waals surface area contributed by atoms with E-state index in [1.54, 1.807) is 14.0 Å². The molecule has 0 aliphatic heterocycles. The third kappa shape index (κ3) is 1.18. The van der Waals surface area contributed by atoms with Crippen LogP contribution in [0.5, 0.6) is 0 Å². The summed E-state index contributed by atoms with van der Waals surface area (Å²) in [5.41, 5.74) is -0.302. The summed E-state index contributed by atoms with van der Waals surface area (Å²) in [7, 11) is 1.64. The highest BCUT2D eigenvalue weighted by Gasteiger charge is 2.14. The Morgan fingerprint density at radius 2 is 2.19 bits per heavy atom. The number of hydrogen-bond acceptors (Lipinski definition) is 3. The molecule has 0 unspecified atom stereocenters. The standard InChI is InChI=1S/C10H10N4O2/c1-4-6-11-8-7(13(6)3)9(15)12-10(16)14(8)5-2/h1H,5H2,2-3H3,(H,12,15,16). The molecule has 6 heteroatoms. The lowest BCUT2D eigenvalue weighted by atomic mass is 10.5. The van der Waals surface area contributed by atoms with Gasteiger partial charge in [0.05, 0.1) is 0 Å². The molecule has 82 valence electrons. The molecule has 1 N–H and O–H groups in total. The molecule has 0 fully saturated rings. The quantitative estimate of drug-likeness (QED) is 0.651. The third-order valence-electron chi connectivity index (χ3n) is 2.46. The summed E-state index contributed by atoms with van der Waals surface area (Å²) in [6.07, 6.45) is 5.26. The van der Waals surface area contributed by atoms with Crippen LogP contribution in [-0.2, 0) is 13.6 Å². The lowest BCUT2D eigenvalue weighted by Crippen LogP contribution is -2.30. The zero-order valence-corrected chi connectivity index (χ0v) is 8.94. The predicted octanol–water partition coefficient (Wildman–Crippen LogP) is -0.576. The topological polar surface area (TPSA) is 72.7 Å². The minimum atomic E-state index is -0.471. The van der Waals surface area contributed by atoms with Crippen molar-refractivity contribution in [3.8, 4) is 12.3 Å². The van der Waals surface area contributed by atoms with Gasteiger partial charge in [-0.25, -0.2) is 9.78 Å². The van der Waals surface area contributed by atoms with E-state index in [1.165, 1.54) is 9.13 Å². The summed E-state index contributed by atoms with van der Waals surface area (Å²) < 4.78 is 2.87. The molecule has 0 aliphatic carbocycles. The minimum absolute atomic E-state index is 0.314. The van der Waals surface area contributed by atoms with E-state index in [4.69, 9.17) is 6.42 Å². The van der Waals surface area contributed by atoms with Crippen LogP contribution in [0.25, 0.3) is 11.2 Å². The first-order chi connectivity index (χ1) is 7.60. The Balaban J connectivity index is 3.10. The maximum atomic E-state index is 11.6. The minimum Gasteiger partial charge on any atom is -0.315 e. The second kappa shape index (κ2) is 3.38. The van der Waals surface area contributed by atoms with Gasteiger partial charge in [0.2, 0.25) is 0 Å². The SMILES string of the molecule is C#Cc1nc2c(c(=O)[nH]c(=O)n2CC)n1C. The van der Waals surface area contributed by atoms with E-state index in [0.717, 1.165) is 0 Å². The first kappa shape index (κ1) is 10.2. The molecule has 0 spiro atoms. The van der Waals surface area contributed by atoms with Crippen molar-refractivity contribution in [3.63, 3.8) is 0 Å². The van der Waals surface area contributed by atoms with Gasteiger partial charge in [0, 0.05) is 13.6 Å². The third-order valence-corrected chi connectivity index (χ3v) is 2.46. The smallest absolute Gasteiger partial charge is 0.315 e. The normalized spacial score (nSPS) is 10.6. The zero-order valence-electron chi connectivity index (χ0n) is 8.94. The highest BCUT2D eigenvalue weighted by Crippen LogP contribution is 2.07. The molecule has 0 amide bonds. The van der Waals surface area contributed by atoms with Crippen LogP contribution in [0, 0.1) is 12.3 Å². The van der Waals surface area contributed by atoms with Crippen LogP contribution in [0.4, 0.5) is 0 Å². The molecule has 0 bridgehead atoms. The van der Waals surface area contributed by atoms with E-state index in [2.05, 4.69) is 15.9 Å². The Morgan fingerprint density at radius 1 is 1.50 bits per heavy atom. The first-order valence-corrected chi connectivity index (χ1v) is 4.76. The van der Waals surface area contributed by atoms with Crippen LogP contribution in [-0.4, -0.2) is 19.1 Å². The lowest BCUT2D eigenvalue weighted by Gasteiger charge is -2.01. The average molecular weight is 218 g/mol. The molecular formula is C10H10N4O2. The van der Waals surface area contributed by atoms with E-state index in [1.807, 2.05) is 0 Å². The van der Waals surface area contributed by atoms with Crippen LogP contribution < -0.4 is 11.2 Å². The fourth-order valence-corrected chi connectivity index (χ4v) is 1.67. The average Bonchev–Trinajstić information content (AvgIpc) is 2.56. The second-order valence-corrected chi connectivity index (χ2v) is 3.31. The predicted molar refractivity (Wildman–Crippen MR) is 59.2 cm³/mol. The van der Waals surface area contributed by atoms with Crippen molar-refractivity contribution in [3.05, 3.63) is 26.7 Å². The number of aryl methyl sites for hydroxylation is 2. The monoisotopic (exact) mass is 218 g/mol. The van der Waals surface area contributed by atoms with Gasteiger partial charge in [-0.3, -0.25) is 14.3 Å². The number of nitrogens with zero attached hydrogens (tertiary/aromatic N) is 3. The highest BCUT2D eigenvalue weighted by molar-refractivity contribution is 5.71. The Bertz CT molecular complexity index is 711. The molecule has 0 atom stereocenters. The Labute approximate surface area is 90.5 Å². The molecule has 6 nitrogen and oxygen atoms in total. The summed E-state index contributed by atoms with van der Waals surface area (Å²) >= 11 is 0. The molecule has 2 aromatic rings. The highest BCUT2D eigenvalue weighted by atomic mass is 16.2. The van der Waals surface area contributed by atoms with Crippen molar-refractivity contribution in [2.45, 2.75) is 13.5 Å². The summed E-state index contributed by atoms with van der Waals surface area (Å²) in [4.78, 5) is 29.4. The molecule has 2 heterocycles. The number of nitrogens with one attached hydrogen (secondary N) is 1. The van der Waals surface area contributed by atoms with Crippen LogP contribution in [0.1, 0.15) is 12.7 Å². The van der Waals surface area contributed by atoms with Crippen LogP contribution >= 0.6 is 0 Å². The Kier molecular flexibility index (Phi) is 2.16. The van der Waals surface area contributed by atoms with Crippen LogP contribution in [0.15, 0.2) is 9.59 Å². The number of aromatic nitrogens is 4. The van der Waals surface area contributed by atoms with Gasteiger partial charge in [0.15, 0.2) is 17.0 Å². The fourth-order valence-electron chi connectivity index (χ4n) is 1.67. The van der Waals surface area contributed by atoms with Gasteiger partial charge in [-0.05, 0) is 12.8 Å². The Hall–Kier alpha value is -2.29. The van der Waals surface area contributed by atoms with Gasteiger partial charge in [0.1, 0.15) is 0 Å². The molecule has 2 rings (SSSR count). The summed E-state index contributed by atoms with van der Waals surface area (Å²) in [5.74, 6) is 2.69. The largest absolute Gasteiger partial charge is 0.330 e. The number of imidazole rings is 1. The summed E-state index contributed by atoms with van der Waals surface area (Å²) in [5, 5.41) is 0. The number of terminal acetylenes is 1. The second-order valence-electron chi connectivity index (χ2n) is 3.31. The maximum Gasteiger partial charge on any atom is 0.330 e. The molecular weight excluding hydrogens is 208 g/mol. The number of aromatic amines is 1. The molecule has 0 saturated heterocycles. The van der Waals surface area contributed by atoms with Gasteiger partial charge in [-0.2, -0.15) is 0 Å². The van der Waals surface area contributed by atoms with Crippen LogP contribution in [0.3, 0.4) is 0 Å². The number of fused-ring (bicyclic) bond motifs is 1. The zero-order chi connectivity index (χ0) is 11.9. The van der Waals surface area contributed by atoms with Crippen molar-refractivity contribution in [1.29, 1.82) is 0 Å². The van der Waals surface area contributed by atoms with Crippen molar-refractivity contribution in [2.24, 2.45) is 7.05 Å². The summed E-state index contributed by atoms with van der Waals surface area (Å²) in [6.45, 7) is 2.22. The van der Waals surface area contributed by atoms with Gasteiger partial charge in [-0.15, -0.1) is 6.42 Å². The summed E-state index contributed by atoms with van der Waals surface area (Å²) in [6, 6.07) is 0. The van der Waals surface area contributed by atoms with Gasteiger partial charge >= 0.3 is 5.69 Å². The van der Waals surface area contributed by atoms with Crippen molar-refractivity contribution < 1.29 is 0 Å². The molecule has 0 aromatic carbocycles. The molecule has 0 radical (unpaired) electrons. The first-order valence-electron chi connectivity index (χ1n) is 4.76. The van der Waals surface area contributed by atoms with Crippen molar-refractivity contribution >= 4 is 11.2 Å². The lowest BCUT2D eigenvalue weighted by molar-refractivity contribution is 0.719. The van der Waals surface area contributed by atoms with Crippen molar-refractivity contribution in [2.75, 3.05) is 0 Å². The number of rotatable bonds is 1. The molecule has 16 heavy (non-hydrogen) atoms. The fraction of sp³-hybridized carbons (Fsp3) is 0.300. The van der Waals surface area contributed by atoms with E-state index in [9.17, 15) is 9.59 Å².